The molecule has 0 atom stereocenters. The van der Waals surface area contributed by atoms with Gasteiger partial charge in [-0.2, -0.15) is 4.98 Å². The van der Waals surface area contributed by atoms with E-state index in [0.717, 1.165) is 25.9 Å². The van der Waals surface area contributed by atoms with Crippen LogP contribution < -0.4 is 5.73 Å². The molecule has 2 N–H and O–H groups in total. The number of likely N-dealkylation sites (tertiary alicyclic amines) is 1. The zero-order valence-electron chi connectivity index (χ0n) is 12.4. The molecule has 20 heavy (non-hydrogen) atoms. The highest BCUT2D eigenvalue weighted by Crippen LogP contribution is 2.13. The summed E-state index contributed by atoms with van der Waals surface area (Å²) in [7, 11) is 1.87. The average Bonchev–Trinajstić information content (AvgIpc) is 2.97. The van der Waals surface area contributed by atoms with E-state index in [1.165, 1.54) is 0 Å². The van der Waals surface area contributed by atoms with Gasteiger partial charge >= 0.3 is 0 Å². The van der Waals surface area contributed by atoms with Crippen molar-refractivity contribution in [1.29, 1.82) is 0 Å². The highest BCUT2D eigenvalue weighted by atomic mass is 16.5. The predicted octanol–water partition coefficient (Wildman–Crippen LogP) is 0.318. The van der Waals surface area contributed by atoms with E-state index in [1.807, 2.05) is 30.7 Å². The Hall–Kier alpha value is -1.47. The lowest BCUT2D eigenvalue weighted by molar-refractivity contribution is -0.131. The molecule has 0 spiro atoms. The summed E-state index contributed by atoms with van der Waals surface area (Å²) in [5.74, 6) is 1.12. The van der Waals surface area contributed by atoms with Crippen molar-refractivity contribution in [2.24, 2.45) is 5.73 Å². The van der Waals surface area contributed by atoms with Gasteiger partial charge in [0.25, 0.3) is 0 Å². The van der Waals surface area contributed by atoms with Crippen LogP contribution in [-0.4, -0.2) is 52.5 Å². The van der Waals surface area contributed by atoms with Crippen LogP contribution in [0.2, 0.25) is 0 Å². The highest BCUT2D eigenvalue weighted by Gasteiger charge is 2.23. The molecule has 7 heteroatoms. The highest BCUT2D eigenvalue weighted by molar-refractivity contribution is 5.78. The van der Waals surface area contributed by atoms with Crippen molar-refractivity contribution in [2.75, 3.05) is 26.7 Å². The monoisotopic (exact) mass is 281 g/mol. The number of carbonyl (C=O) groups is 1. The van der Waals surface area contributed by atoms with Gasteiger partial charge in [-0.3, -0.25) is 9.69 Å². The first-order valence-corrected chi connectivity index (χ1v) is 6.94. The Morgan fingerprint density at radius 2 is 2.10 bits per heavy atom. The largest absolute Gasteiger partial charge is 0.342 e. The fourth-order valence-electron chi connectivity index (χ4n) is 2.17. The molecule has 0 aromatic carbocycles. The third kappa shape index (κ3) is 3.77. The fourth-order valence-corrected chi connectivity index (χ4v) is 2.17. The molecule has 7 nitrogen and oxygen atoms in total. The maximum atomic E-state index is 12.0. The van der Waals surface area contributed by atoms with Crippen molar-refractivity contribution in [3.05, 3.63) is 11.7 Å². The van der Waals surface area contributed by atoms with Crippen molar-refractivity contribution >= 4 is 5.91 Å². The van der Waals surface area contributed by atoms with Gasteiger partial charge in [-0.1, -0.05) is 5.16 Å². The van der Waals surface area contributed by atoms with Crippen LogP contribution in [0.1, 0.15) is 38.4 Å². The molecule has 1 saturated heterocycles. The zero-order valence-corrected chi connectivity index (χ0v) is 12.4. The molecule has 2 heterocycles. The van der Waals surface area contributed by atoms with Crippen molar-refractivity contribution in [3.63, 3.8) is 0 Å². The minimum absolute atomic E-state index is 0.156. The van der Waals surface area contributed by atoms with Crippen LogP contribution in [0.3, 0.4) is 0 Å². The third-order valence-corrected chi connectivity index (χ3v) is 3.31. The second kappa shape index (κ2) is 5.88. The summed E-state index contributed by atoms with van der Waals surface area (Å²) < 4.78 is 5.16. The average molecular weight is 281 g/mol. The van der Waals surface area contributed by atoms with Crippen LogP contribution in [0.25, 0.3) is 0 Å². The Labute approximate surface area is 119 Å². The number of hydrogen-bond acceptors (Lipinski definition) is 6. The zero-order chi connectivity index (χ0) is 14.8. The van der Waals surface area contributed by atoms with Crippen LogP contribution in [0.4, 0.5) is 0 Å². The van der Waals surface area contributed by atoms with Crippen molar-refractivity contribution < 1.29 is 9.32 Å². The summed E-state index contributed by atoms with van der Waals surface area (Å²) in [6.45, 7) is 6.20. The fraction of sp³-hybridized carbons (Fsp3) is 0.769. The van der Waals surface area contributed by atoms with Gasteiger partial charge in [0, 0.05) is 13.1 Å². The first kappa shape index (κ1) is 14.9. The predicted molar refractivity (Wildman–Crippen MR) is 73.7 cm³/mol. The van der Waals surface area contributed by atoms with Crippen LogP contribution in [0, 0.1) is 0 Å². The number of nitrogens with zero attached hydrogens (tertiary/aromatic N) is 4. The number of likely N-dealkylation sites (N-methyl/N-ethyl adjacent to an activating group) is 1. The molecule has 0 saturated carbocycles. The number of carbonyl (C=O) groups excluding carboxylic acids is 1. The first-order valence-electron chi connectivity index (χ1n) is 6.94. The van der Waals surface area contributed by atoms with Gasteiger partial charge < -0.3 is 15.2 Å². The molecule has 1 aromatic heterocycles. The van der Waals surface area contributed by atoms with E-state index >= 15 is 0 Å². The Morgan fingerprint density at radius 1 is 1.45 bits per heavy atom. The van der Waals surface area contributed by atoms with Gasteiger partial charge in [0.15, 0.2) is 5.82 Å². The number of rotatable bonds is 5. The Morgan fingerprint density at radius 3 is 2.65 bits per heavy atom. The molecule has 1 amide bonds. The van der Waals surface area contributed by atoms with Gasteiger partial charge in [-0.15, -0.1) is 0 Å². The molecule has 1 fully saturated rings. The molecule has 1 aliphatic heterocycles. The summed E-state index contributed by atoms with van der Waals surface area (Å²) in [5, 5.41) is 3.86. The first-order chi connectivity index (χ1) is 9.36. The van der Waals surface area contributed by atoms with E-state index in [-0.39, 0.29) is 5.91 Å². The summed E-state index contributed by atoms with van der Waals surface area (Å²) in [4.78, 5) is 20.0. The Kier molecular flexibility index (Phi) is 4.39. The maximum Gasteiger partial charge on any atom is 0.240 e. The molecule has 1 aliphatic rings. The number of amides is 1. The summed E-state index contributed by atoms with van der Waals surface area (Å²) >= 11 is 0. The topological polar surface area (TPSA) is 88.5 Å². The summed E-state index contributed by atoms with van der Waals surface area (Å²) in [5.41, 5.74) is 5.29. The lowest BCUT2D eigenvalue weighted by atomic mass is 10.1. The van der Waals surface area contributed by atoms with Crippen LogP contribution in [0.5, 0.6) is 0 Å². The quantitative estimate of drug-likeness (QED) is 0.836. The molecule has 2 rings (SSSR count). The maximum absolute atomic E-state index is 12.0. The lowest BCUT2D eigenvalue weighted by Crippen LogP contribution is -2.37. The van der Waals surface area contributed by atoms with E-state index in [4.69, 9.17) is 10.3 Å². The van der Waals surface area contributed by atoms with Gasteiger partial charge in [0.2, 0.25) is 11.8 Å². The van der Waals surface area contributed by atoms with Gasteiger partial charge in [-0.05, 0) is 33.7 Å². The van der Waals surface area contributed by atoms with Gasteiger partial charge in [-0.25, -0.2) is 0 Å². The Bertz CT molecular complexity index is 460. The van der Waals surface area contributed by atoms with E-state index in [2.05, 4.69) is 10.1 Å². The van der Waals surface area contributed by atoms with Crippen LogP contribution >= 0.6 is 0 Å². The van der Waals surface area contributed by atoms with Crippen molar-refractivity contribution in [3.8, 4) is 0 Å². The van der Waals surface area contributed by atoms with E-state index in [1.54, 1.807) is 0 Å². The molecule has 0 unspecified atom stereocenters. The summed E-state index contributed by atoms with van der Waals surface area (Å²) in [6.07, 6.45) is 2.21. The number of hydrogen-bond donors (Lipinski definition) is 1. The van der Waals surface area contributed by atoms with E-state index < -0.39 is 5.54 Å². The van der Waals surface area contributed by atoms with Crippen LogP contribution in [-0.2, 0) is 16.9 Å². The second-order valence-electron chi connectivity index (χ2n) is 5.99. The second-order valence-corrected chi connectivity index (χ2v) is 5.99. The molecular formula is C13H23N5O2. The van der Waals surface area contributed by atoms with E-state index in [0.29, 0.717) is 24.8 Å². The Balaban J connectivity index is 1.86. The minimum atomic E-state index is -0.619. The molecule has 112 valence electrons. The smallest absolute Gasteiger partial charge is 0.240 e. The van der Waals surface area contributed by atoms with Gasteiger partial charge in [0.05, 0.1) is 18.6 Å². The van der Waals surface area contributed by atoms with Crippen molar-refractivity contribution in [1.82, 2.24) is 19.9 Å². The molecule has 1 aromatic rings. The molecule has 0 aliphatic carbocycles. The normalized spacial score (nSPS) is 16.1. The van der Waals surface area contributed by atoms with Crippen LogP contribution in [0.15, 0.2) is 4.52 Å². The SMILES string of the molecule is CN(CC(=O)N1CCCC1)Cc1nc(C(C)(C)N)no1. The minimum Gasteiger partial charge on any atom is -0.342 e. The summed E-state index contributed by atoms with van der Waals surface area (Å²) in [6, 6.07) is 0. The lowest BCUT2D eigenvalue weighted by Gasteiger charge is -2.19. The number of nitrogens with two attached hydrogens (primary N) is 1. The van der Waals surface area contributed by atoms with Gasteiger partial charge in [0.1, 0.15) is 0 Å². The molecule has 0 radical (unpaired) electrons. The number of aromatic nitrogens is 2. The molecule has 0 bridgehead atoms. The third-order valence-electron chi connectivity index (χ3n) is 3.31. The van der Waals surface area contributed by atoms with E-state index in [9.17, 15) is 4.79 Å². The molecular weight excluding hydrogens is 258 g/mol. The standard InChI is InChI=1S/C13H23N5O2/c1-13(2,14)12-15-10(20-16-12)8-17(3)9-11(19)18-6-4-5-7-18/h4-9,14H2,1-3H3. The van der Waals surface area contributed by atoms with Crippen molar-refractivity contribution in [2.45, 2.75) is 38.8 Å².